The number of ether oxygens (including phenoxy) is 1. The monoisotopic (exact) mass is 291 g/mol. The van der Waals surface area contributed by atoms with E-state index in [2.05, 4.69) is 11.8 Å². The molecule has 0 bridgehead atoms. The minimum Gasteiger partial charge on any atom is -0.461 e. The van der Waals surface area contributed by atoms with Gasteiger partial charge in [0.05, 0.1) is 16.9 Å². The number of aliphatic hydroxyl groups is 1. The van der Waals surface area contributed by atoms with Crippen molar-refractivity contribution in [3.05, 3.63) is 11.1 Å². The number of esters is 1. The second kappa shape index (κ2) is 4.11. The predicted octanol–water partition coefficient (Wildman–Crippen LogP) is 1.73. The minimum absolute atomic E-state index is 0.0306. The Kier molecular flexibility index (Phi) is 2.69. The van der Waals surface area contributed by atoms with Crippen LogP contribution in [-0.2, 0) is 9.53 Å². The zero-order valence-corrected chi connectivity index (χ0v) is 13.2. The van der Waals surface area contributed by atoms with E-state index in [0.29, 0.717) is 0 Å². The Morgan fingerprint density at radius 3 is 2.81 bits per heavy atom. The van der Waals surface area contributed by atoms with E-state index in [-0.39, 0.29) is 29.3 Å². The number of hydrogen-bond acceptors (Lipinski definition) is 4. The summed E-state index contributed by atoms with van der Waals surface area (Å²) in [7, 11) is 4.01. The lowest BCUT2D eigenvalue weighted by Gasteiger charge is -2.28. The molecule has 1 aliphatic heterocycles. The molecule has 1 N–H and O–H groups in total. The Hall–Kier alpha value is -0.870. The molecule has 3 aliphatic carbocycles. The first-order valence-electron chi connectivity index (χ1n) is 8.16. The van der Waals surface area contributed by atoms with Crippen molar-refractivity contribution in [2.24, 2.45) is 17.3 Å². The highest BCUT2D eigenvalue weighted by atomic mass is 16.6. The van der Waals surface area contributed by atoms with Crippen LogP contribution in [0.25, 0.3) is 0 Å². The number of allylic oxidation sites excluding steroid dienone is 1. The molecular formula is C17H25NO3. The summed E-state index contributed by atoms with van der Waals surface area (Å²) in [6.07, 6.45) is 4.61. The van der Waals surface area contributed by atoms with Crippen LogP contribution in [0, 0.1) is 17.3 Å². The quantitative estimate of drug-likeness (QED) is 0.622. The van der Waals surface area contributed by atoms with Crippen molar-refractivity contribution in [2.45, 2.75) is 50.7 Å². The molecule has 5 unspecified atom stereocenters. The van der Waals surface area contributed by atoms with Crippen LogP contribution < -0.4 is 0 Å². The fraction of sp³-hybridized carbons (Fsp3) is 0.824. The molecule has 4 rings (SSSR count). The van der Waals surface area contributed by atoms with Crippen LogP contribution in [0.4, 0.5) is 0 Å². The molecule has 0 aromatic carbocycles. The van der Waals surface area contributed by atoms with Crippen LogP contribution in [-0.4, -0.2) is 48.3 Å². The minimum atomic E-state index is -0.593. The Morgan fingerprint density at radius 1 is 1.38 bits per heavy atom. The smallest absolute Gasteiger partial charge is 0.310 e. The maximum Gasteiger partial charge on any atom is 0.310 e. The third-order valence-electron chi connectivity index (χ3n) is 6.47. The molecule has 0 aromatic rings. The van der Waals surface area contributed by atoms with Gasteiger partial charge < -0.3 is 14.7 Å². The van der Waals surface area contributed by atoms with E-state index in [0.717, 1.165) is 38.6 Å². The van der Waals surface area contributed by atoms with Gasteiger partial charge >= 0.3 is 5.97 Å². The normalized spacial score (nSPS) is 47.9. The van der Waals surface area contributed by atoms with E-state index in [4.69, 9.17) is 4.74 Å². The number of rotatable bonds is 2. The summed E-state index contributed by atoms with van der Waals surface area (Å²) in [5, 5.41) is 10.9. The second-order valence-corrected chi connectivity index (χ2v) is 7.87. The molecule has 5 atom stereocenters. The molecular weight excluding hydrogens is 266 g/mol. The molecule has 2 saturated carbocycles. The van der Waals surface area contributed by atoms with E-state index < -0.39 is 5.60 Å². The first kappa shape index (κ1) is 13.8. The summed E-state index contributed by atoms with van der Waals surface area (Å²) in [6.45, 7) is 2.97. The van der Waals surface area contributed by atoms with Gasteiger partial charge in [-0.15, -0.1) is 0 Å². The van der Waals surface area contributed by atoms with Gasteiger partial charge in [0.15, 0.2) is 0 Å². The first-order chi connectivity index (χ1) is 9.89. The van der Waals surface area contributed by atoms with Crippen LogP contribution in [0.2, 0.25) is 0 Å². The molecule has 0 amide bonds. The molecule has 0 aromatic heterocycles. The van der Waals surface area contributed by atoms with E-state index in [9.17, 15) is 9.90 Å². The fourth-order valence-corrected chi connectivity index (χ4v) is 5.44. The largest absolute Gasteiger partial charge is 0.461 e. The van der Waals surface area contributed by atoms with Crippen molar-refractivity contribution in [3.8, 4) is 0 Å². The Labute approximate surface area is 126 Å². The molecule has 0 radical (unpaired) electrons. The molecule has 4 nitrogen and oxygen atoms in total. The van der Waals surface area contributed by atoms with Crippen LogP contribution in [0.5, 0.6) is 0 Å². The Bertz CT molecular complexity index is 540. The summed E-state index contributed by atoms with van der Waals surface area (Å²) < 4.78 is 5.87. The molecule has 21 heavy (non-hydrogen) atoms. The van der Waals surface area contributed by atoms with Crippen molar-refractivity contribution in [1.29, 1.82) is 0 Å². The number of fused-ring (bicyclic) bond motifs is 1. The third kappa shape index (κ3) is 1.61. The van der Waals surface area contributed by atoms with Gasteiger partial charge in [-0.05, 0) is 53.1 Å². The molecule has 1 heterocycles. The summed E-state index contributed by atoms with van der Waals surface area (Å²) in [4.78, 5) is 14.5. The van der Waals surface area contributed by atoms with Gasteiger partial charge in [0.2, 0.25) is 0 Å². The zero-order valence-electron chi connectivity index (χ0n) is 13.2. The van der Waals surface area contributed by atoms with Crippen molar-refractivity contribution < 1.29 is 14.6 Å². The van der Waals surface area contributed by atoms with Gasteiger partial charge in [0.25, 0.3) is 0 Å². The van der Waals surface area contributed by atoms with E-state index in [1.54, 1.807) is 0 Å². The molecule has 4 heteroatoms. The van der Waals surface area contributed by atoms with E-state index >= 15 is 0 Å². The summed E-state index contributed by atoms with van der Waals surface area (Å²) >= 11 is 0. The second-order valence-electron chi connectivity index (χ2n) is 7.87. The number of nitrogens with zero attached hydrogens (tertiary/aromatic N) is 1. The van der Waals surface area contributed by atoms with E-state index in [1.807, 2.05) is 14.1 Å². The zero-order chi connectivity index (χ0) is 15.0. The predicted molar refractivity (Wildman–Crippen MR) is 78.6 cm³/mol. The van der Waals surface area contributed by atoms with Crippen LogP contribution in [0.15, 0.2) is 11.1 Å². The topological polar surface area (TPSA) is 49.8 Å². The maximum atomic E-state index is 12.4. The highest BCUT2D eigenvalue weighted by molar-refractivity contribution is 5.76. The van der Waals surface area contributed by atoms with Gasteiger partial charge in [-0.2, -0.15) is 0 Å². The number of carbonyl (C=O) groups excluding carboxylic acids is 1. The van der Waals surface area contributed by atoms with E-state index in [1.165, 1.54) is 11.1 Å². The Balaban J connectivity index is 1.73. The summed E-state index contributed by atoms with van der Waals surface area (Å²) in [6, 6.07) is 0. The van der Waals surface area contributed by atoms with Gasteiger partial charge in [-0.1, -0.05) is 11.1 Å². The van der Waals surface area contributed by atoms with Crippen LogP contribution >= 0.6 is 0 Å². The van der Waals surface area contributed by atoms with Crippen molar-refractivity contribution >= 4 is 5.97 Å². The van der Waals surface area contributed by atoms with Crippen LogP contribution in [0.1, 0.15) is 39.0 Å². The molecule has 3 fully saturated rings. The lowest BCUT2D eigenvalue weighted by atomic mass is 9.79. The first-order valence-corrected chi connectivity index (χ1v) is 8.16. The lowest BCUT2D eigenvalue weighted by Crippen LogP contribution is -2.35. The molecule has 1 saturated heterocycles. The third-order valence-corrected chi connectivity index (χ3v) is 6.47. The highest BCUT2D eigenvalue weighted by Crippen LogP contribution is 2.75. The van der Waals surface area contributed by atoms with Crippen LogP contribution in [0.3, 0.4) is 0 Å². The Morgan fingerprint density at radius 2 is 2.14 bits per heavy atom. The molecule has 1 spiro atoms. The standard InChI is InChI=1S/C17H25NO3/c1-10-4-5-11-12(8-18(2)3)15(19)21-14(11)17-9-16(17,20)7-6-13(10)17/h11-12,14,20H,4-9H2,1-3H3. The van der Waals surface area contributed by atoms with Crippen molar-refractivity contribution in [3.63, 3.8) is 0 Å². The van der Waals surface area contributed by atoms with Gasteiger partial charge in [-0.3, -0.25) is 4.79 Å². The fourth-order valence-electron chi connectivity index (χ4n) is 5.44. The highest BCUT2D eigenvalue weighted by Gasteiger charge is 2.79. The SMILES string of the molecule is CC1=C2CCC3(O)CC23C2OC(=O)C(CN(C)C)C2CC1. The maximum absolute atomic E-state index is 12.4. The summed E-state index contributed by atoms with van der Waals surface area (Å²) in [5.41, 5.74) is 2.03. The molecule has 4 aliphatic rings. The molecule has 116 valence electrons. The van der Waals surface area contributed by atoms with Crippen molar-refractivity contribution in [1.82, 2.24) is 4.90 Å². The van der Waals surface area contributed by atoms with Gasteiger partial charge in [0.1, 0.15) is 6.10 Å². The lowest BCUT2D eigenvalue weighted by molar-refractivity contribution is -0.147. The van der Waals surface area contributed by atoms with Gasteiger partial charge in [0, 0.05) is 12.5 Å². The number of carbonyl (C=O) groups is 1. The number of hydrogen-bond donors (Lipinski definition) is 1. The summed E-state index contributed by atoms with van der Waals surface area (Å²) in [5.74, 6) is 0.185. The van der Waals surface area contributed by atoms with Gasteiger partial charge in [-0.25, -0.2) is 0 Å². The van der Waals surface area contributed by atoms with Crippen molar-refractivity contribution in [2.75, 3.05) is 20.6 Å². The average Bonchev–Trinajstić information content (AvgIpc) is 2.79. The average molecular weight is 291 g/mol.